The zero-order valence-corrected chi connectivity index (χ0v) is 13.7. The Kier molecular flexibility index (Phi) is 5.11. The summed E-state index contributed by atoms with van der Waals surface area (Å²) in [5.41, 5.74) is 0.877. The lowest BCUT2D eigenvalue weighted by molar-refractivity contribution is 0.0606. The van der Waals surface area contributed by atoms with Crippen molar-refractivity contribution in [2.45, 2.75) is 0 Å². The standard InChI is InChI=1S/C13H11BrN2O2S2/c1-18-12(17)10-5-6-11(20-10)16-13(19)15-9-4-2-3-8(14)7-9/h2-7H,1H3,(H2,15,16,19). The molecule has 0 aliphatic heterocycles. The largest absolute Gasteiger partial charge is 0.465 e. The summed E-state index contributed by atoms with van der Waals surface area (Å²) < 4.78 is 5.62. The second kappa shape index (κ2) is 6.83. The fraction of sp³-hybridized carbons (Fsp3) is 0.0769. The van der Waals surface area contributed by atoms with Crippen LogP contribution in [0.4, 0.5) is 10.7 Å². The van der Waals surface area contributed by atoms with Gasteiger partial charge in [0.25, 0.3) is 0 Å². The molecule has 0 saturated carbocycles. The minimum atomic E-state index is -0.353. The van der Waals surface area contributed by atoms with Gasteiger partial charge >= 0.3 is 5.97 Å². The lowest BCUT2D eigenvalue weighted by Crippen LogP contribution is -2.18. The van der Waals surface area contributed by atoms with Gasteiger partial charge in [-0.1, -0.05) is 22.0 Å². The Hall–Kier alpha value is -1.44. The molecule has 1 aromatic carbocycles. The third kappa shape index (κ3) is 4.03. The average molecular weight is 371 g/mol. The van der Waals surface area contributed by atoms with E-state index in [-0.39, 0.29) is 5.97 Å². The molecule has 0 unspecified atom stereocenters. The van der Waals surface area contributed by atoms with Crippen LogP contribution in [-0.2, 0) is 4.74 Å². The number of carbonyl (C=O) groups excluding carboxylic acids is 1. The van der Waals surface area contributed by atoms with E-state index in [2.05, 4.69) is 31.3 Å². The number of carbonyl (C=O) groups is 1. The summed E-state index contributed by atoms with van der Waals surface area (Å²) >= 11 is 9.90. The van der Waals surface area contributed by atoms with E-state index in [0.29, 0.717) is 9.99 Å². The summed E-state index contributed by atoms with van der Waals surface area (Å²) in [6.45, 7) is 0. The quantitative estimate of drug-likeness (QED) is 0.628. The van der Waals surface area contributed by atoms with Crippen LogP contribution in [0.2, 0.25) is 0 Å². The maximum atomic E-state index is 11.3. The molecule has 104 valence electrons. The highest BCUT2D eigenvalue weighted by Gasteiger charge is 2.09. The van der Waals surface area contributed by atoms with Gasteiger partial charge in [-0.2, -0.15) is 0 Å². The van der Waals surface area contributed by atoms with E-state index < -0.39 is 0 Å². The highest BCUT2D eigenvalue weighted by atomic mass is 79.9. The topological polar surface area (TPSA) is 50.4 Å². The van der Waals surface area contributed by atoms with Gasteiger partial charge in [-0.25, -0.2) is 4.79 Å². The third-order valence-corrected chi connectivity index (χ3v) is 3.99. The Labute approximate surface area is 134 Å². The Morgan fingerprint density at radius 1 is 1.30 bits per heavy atom. The van der Waals surface area contributed by atoms with Gasteiger partial charge in [0.1, 0.15) is 4.88 Å². The number of halogens is 1. The van der Waals surface area contributed by atoms with Gasteiger partial charge in [-0.3, -0.25) is 0 Å². The van der Waals surface area contributed by atoms with E-state index in [9.17, 15) is 4.79 Å². The van der Waals surface area contributed by atoms with E-state index >= 15 is 0 Å². The third-order valence-electron chi connectivity index (χ3n) is 2.31. The van der Waals surface area contributed by atoms with Gasteiger partial charge in [0.05, 0.1) is 12.1 Å². The summed E-state index contributed by atoms with van der Waals surface area (Å²) in [6, 6.07) is 11.2. The van der Waals surface area contributed by atoms with Crippen LogP contribution in [0.25, 0.3) is 0 Å². The zero-order chi connectivity index (χ0) is 14.5. The molecule has 0 aliphatic carbocycles. The molecule has 1 aromatic heterocycles. The molecule has 0 spiro atoms. The molecule has 1 heterocycles. The predicted molar refractivity (Wildman–Crippen MR) is 89.6 cm³/mol. The molecule has 2 rings (SSSR count). The summed E-state index contributed by atoms with van der Waals surface area (Å²) in [7, 11) is 1.36. The molecular weight excluding hydrogens is 360 g/mol. The second-order valence-electron chi connectivity index (χ2n) is 3.74. The SMILES string of the molecule is COC(=O)c1ccc(NC(=S)Nc2cccc(Br)c2)s1. The van der Waals surface area contributed by atoms with E-state index in [1.807, 2.05) is 24.3 Å². The summed E-state index contributed by atoms with van der Waals surface area (Å²) in [6.07, 6.45) is 0. The monoisotopic (exact) mass is 370 g/mol. The van der Waals surface area contributed by atoms with Crippen molar-refractivity contribution < 1.29 is 9.53 Å². The smallest absolute Gasteiger partial charge is 0.348 e. The van der Waals surface area contributed by atoms with E-state index in [0.717, 1.165) is 15.2 Å². The summed E-state index contributed by atoms with van der Waals surface area (Å²) in [4.78, 5) is 11.9. The summed E-state index contributed by atoms with van der Waals surface area (Å²) in [5.74, 6) is -0.353. The molecule has 2 aromatic rings. The number of thiocarbonyl (C=S) groups is 1. The normalized spacial score (nSPS) is 9.90. The fourth-order valence-corrected chi connectivity index (χ4v) is 2.98. The molecule has 4 nitrogen and oxygen atoms in total. The van der Waals surface area contributed by atoms with Crippen LogP contribution in [0.3, 0.4) is 0 Å². The van der Waals surface area contributed by atoms with Crippen molar-refractivity contribution in [2.24, 2.45) is 0 Å². The number of methoxy groups -OCH3 is 1. The van der Waals surface area contributed by atoms with Crippen LogP contribution in [0, 0.1) is 0 Å². The lowest BCUT2D eigenvalue weighted by atomic mass is 10.3. The lowest BCUT2D eigenvalue weighted by Gasteiger charge is -2.09. The van der Waals surface area contributed by atoms with Crippen LogP contribution >= 0.6 is 39.5 Å². The summed E-state index contributed by atoms with van der Waals surface area (Å²) in [5, 5.41) is 7.32. The first kappa shape index (κ1) is 15.0. The molecule has 0 atom stereocenters. The number of nitrogens with one attached hydrogen (secondary N) is 2. The minimum Gasteiger partial charge on any atom is -0.465 e. The van der Waals surface area contributed by atoms with Crippen molar-refractivity contribution in [1.82, 2.24) is 0 Å². The van der Waals surface area contributed by atoms with Crippen LogP contribution < -0.4 is 10.6 Å². The minimum absolute atomic E-state index is 0.353. The van der Waals surface area contributed by atoms with Crippen molar-refractivity contribution in [3.05, 3.63) is 45.7 Å². The number of hydrogen-bond acceptors (Lipinski definition) is 4. The highest BCUT2D eigenvalue weighted by molar-refractivity contribution is 9.10. The van der Waals surface area contributed by atoms with Gasteiger partial charge in [0.2, 0.25) is 0 Å². The van der Waals surface area contributed by atoms with Gasteiger partial charge in [0.15, 0.2) is 5.11 Å². The molecule has 0 aliphatic rings. The first-order chi connectivity index (χ1) is 9.58. The van der Waals surface area contributed by atoms with E-state index in [1.165, 1.54) is 18.4 Å². The fourth-order valence-electron chi connectivity index (χ4n) is 1.46. The Balaban J connectivity index is 1.98. The Bertz CT molecular complexity index is 643. The number of thiophene rings is 1. The number of anilines is 2. The highest BCUT2D eigenvalue weighted by Crippen LogP contribution is 2.23. The molecule has 0 bridgehead atoms. The molecule has 7 heteroatoms. The maximum absolute atomic E-state index is 11.3. The molecular formula is C13H11BrN2O2S2. The molecule has 0 fully saturated rings. The van der Waals surface area contributed by atoms with E-state index in [4.69, 9.17) is 12.2 Å². The van der Waals surface area contributed by atoms with Gasteiger partial charge in [0, 0.05) is 10.2 Å². The number of esters is 1. The first-order valence-electron chi connectivity index (χ1n) is 5.60. The molecule has 0 saturated heterocycles. The van der Waals surface area contributed by atoms with Gasteiger partial charge in [-0.05, 0) is 42.5 Å². The van der Waals surface area contributed by atoms with Crippen molar-refractivity contribution in [3.8, 4) is 0 Å². The van der Waals surface area contributed by atoms with Crippen molar-refractivity contribution in [1.29, 1.82) is 0 Å². The zero-order valence-electron chi connectivity index (χ0n) is 10.5. The first-order valence-corrected chi connectivity index (χ1v) is 7.62. The Morgan fingerprint density at radius 2 is 2.10 bits per heavy atom. The average Bonchev–Trinajstić information content (AvgIpc) is 2.86. The Morgan fingerprint density at radius 3 is 2.80 bits per heavy atom. The van der Waals surface area contributed by atoms with Crippen LogP contribution in [0.5, 0.6) is 0 Å². The molecule has 0 amide bonds. The van der Waals surface area contributed by atoms with Crippen LogP contribution in [0.1, 0.15) is 9.67 Å². The van der Waals surface area contributed by atoms with E-state index in [1.54, 1.807) is 12.1 Å². The maximum Gasteiger partial charge on any atom is 0.348 e. The van der Waals surface area contributed by atoms with Crippen LogP contribution in [-0.4, -0.2) is 18.2 Å². The number of benzene rings is 1. The molecule has 20 heavy (non-hydrogen) atoms. The van der Waals surface area contributed by atoms with Crippen molar-refractivity contribution >= 4 is 61.3 Å². The molecule has 2 N–H and O–H groups in total. The number of hydrogen-bond donors (Lipinski definition) is 2. The van der Waals surface area contributed by atoms with Gasteiger partial charge < -0.3 is 15.4 Å². The number of rotatable bonds is 3. The number of ether oxygens (including phenoxy) is 1. The second-order valence-corrected chi connectivity index (χ2v) is 6.15. The van der Waals surface area contributed by atoms with Gasteiger partial charge in [-0.15, -0.1) is 11.3 Å². The van der Waals surface area contributed by atoms with Crippen LogP contribution in [0.15, 0.2) is 40.9 Å². The van der Waals surface area contributed by atoms with Crippen molar-refractivity contribution in [3.63, 3.8) is 0 Å². The predicted octanol–water partition coefficient (Wildman–Crippen LogP) is 4.11. The van der Waals surface area contributed by atoms with Crippen molar-refractivity contribution in [2.75, 3.05) is 17.7 Å². The molecule has 0 radical (unpaired) electrons.